The average Bonchev–Trinajstić information content (AvgIpc) is 3.08. The summed E-state index contributed by atoms with van der Waals surface area (Å²) in [6.45, 7) is 2.66. The molecule has 1 saturated carbocycles. The van der Waals surface area contributed by atoms with Crippen LogP contribution in [0.3, 0.4) is 0 Å². The number of aliphatic hydroxyl groups is 1. The number of carbonyl (C=O) groups excluding carboxylic acids is 1. The van der Waals surface area contributed by atoms with Crippen LogP contribution in [-0.2, 0) is 11.2 Å². The molecule has 1 heterocycles. The van der Waals surface area contributed by atoms with Crippen LogP contribution in [0.25, 0.3) is 11.5 Å². The van der Waals surface area contributed by atoms with Crippen molar-refractivity contribution in [3.63, 3.8) is 0 Å². The minimum Gasteiger partial charge on any atom is -0.421 e. The highest BCUT2D eigenvalue weighted by molar-refractivity contribution is 5.76. The highest BCUT2D eigenvalue weighted by Crippen LogP contribution is 2.23. The van der Waals surface area contributed by atoms with E-state index in [1.807, 2.05) is 31.2 Å². The summed E-state index contributed by atoms with van der Waals surface area (Å²) in [5.74, 6) is 1.31. The van der Waals surface area contributed by atoms with Crippen molar-refractivity contribution in [1.29, 1.82) is 0 Å². The van der Waals surface area contributed by atoms with Gasteiger partial charge in [-0.1, -0.05) is 24.1 Å². The first-order valence-electron chi connectivity index (χ1n) is 8.94. The number of nitrogens with one attached hydrogen (secondary N) is 1. The number of hydrogen-bond donors (Lipinski definition) is 2. The van der Waals surface area contributed by atoms with Crippen molar-refractivity contribution in [2.75, 3.05) is 6.54 Å². The molecule has 0 aliphatic heterocycles. The lowest BCUT2D eigenvalue weighted by Crippen LogP contribution is -2.33. The van der Waals surface area contributed by atoms with E-state index in [0.717, 1.165) is 31.2 Å². The van der Waals surface area contributed by atoms with Crippen LogP contribution in [-0.4, -0.2) is 33.9 Å². The molecule has 1 aromatic carbocycles. The molecule has 1 aliphatic rings. The molecule has 2 aromatic rings. The molecular weight excluding hydrogens is 318 g/mol. The SMILES string of the molecule is Cc1ccc(-c2nnc(CCC(=O)NCC3CCCC(O)C3)o2)cc1. The van der Waals surface area contributed by atoms with Crippen molar-refractivity contribution in [2.24, 2.45) is 5.92 Å². The summed E-state index contributed by atoms with van der Waals surface area (Å²) < 4.78 is 5.63. The lowest BCUT2D eigenvalue weighted by Gasteiger charge is -2.25. The van der Waals surface area contributed by atoms with Gasteiger partial charge in [0.25, 0.3) is 0 Å². The summed E-state index contributed by atoms with van der Waals surface area (Å²) in [5.41, 5.74) is 2.05. The Morgan fingerprint density at radius 2 is 2.08 bits per heavy atom. The maximum absolute atomic E-state index is 12.0. The molecule has 6 heteroatoms. The molecule has 2 unspecified atom stereocenters. The van der Waals surface area contributed by atoms with Crippen LogP contribution >= 0.6 is 0 Å². The number of carbonyl (C=O) groups is 1. The van der Waals surface area contributed by atoms with Gasteiger partial charge in [0.2, 0.25) is 17.7 Å². The predicted molar refractivity (Wildman–Crippen MR) is 93.8 cm³/mol. The fourth-order valence-corrected chi connectivity index (χ4v) is 3.18. The van der Waals surface area contributed by atoms with Gasteiger partial charge in [0, 0.05) is 24.9 Å². The number of rotatable bonds is 6. The number of amides is 1. The van der Waals surface area contributed by atoms with E-state index >= 15 is 0 Å². The number of benzene rings is 1. The summed E-state index contributed by atoms with van der Waals surface area (Å²) in [5, 5.41) is 20.7. The van der Waals surface area contributed by atoms with Crippen molar-refractivity contribution in [2.45, 2.75) is 51.6 Å². The van der Waals surface area contributed by atoms with E-state index in [4.69, 9.17) is 4.42 Å². The molecule has 3 rings (SSSR count). The van der Waals surface area contributed by atoms with Gasteiger partial charge in [-0.05, 0) is 44.2 Å². The third-order valence-electron chi connectivity index (χ3n) is 4.67. The van der Waals surface area contributed by atoms with Gasteiger partial charge in [-0.25, -0.2) is 0 Å². The van der Waals surface area contributed by atoms with E-state index in [9.17, 15) is 9.90 Å². The van der Waals surface area contributed by atoms with Crippen molar-refractivity contribution in [3.8, 4) is 11.5 Å². The molecule has 2 N–H and O–H groups in total. The molecule has 1 aliphatic carbocycles. The van der Waals surface area contributed by atoms with E-state index < -0.39 is 0 Å². The zero-order valence-electron chi connectivity index (χ0n) is 14.6. The molecule has 1 fully saturated rings. The van der Waals surface area contributed by atoms with Gasteiger partial charge in [-0.3, -0.25) is 4.79 Å². The Kier molecular flexibility index (Phi) is 5.81. The van der Waals surface area contributed by atoms with Gasteiger partial charge in [-0.2, -0.15) is 0 Å². The summed E-state index contributed by atoms with van der Waals surface area (Å²) >= 11 is 0. The standard InChI is InChI=1S/C19H25N3O3/c1-13-5-7-15(8-6-13)19-22-21-18(25-19)10-9-17(24)20-12-14-3-2-4-16(23)11-14/h5-8,14,16,23H,2-4,9-12H2,1H3,(H,20,24). The predicted octanol–water partition coefficient (Wildman–Crippen LogP) is 2.64. The van der Waals surface area contributed by atoms with Crippen molar-refractivity contribution in [3.05, 3.63) is 35.7 Å². The minimum atomic E-state index is -0.214. The van der Waals surface area contributed by atoms with Crippen molar-refractivity contribution in [1.82, 2.24) is 15.5 Å². The van der Waals surface area contributed by atoms with E-state index in [0.29, 0.717) is 37.1 Å². The maximum Gasteiger partial charge on any atom is 0.247 e. The number of aryl methyl sites for hydroxylation is 2. The Morgan fingerprint density at radius 3 is 2.84 bits per heavy atom. The normalized spacial score (nSPS) is 20.4. The molecule has 6 nitrogen and oxygen atoms in total. The zero-order valence-corrected chi connectivity index (χ0v) is 14.6. The van der Waals surface area contributed by atoms with E-state index in [1.54, 1.807) is 0 Å². The highest BCUT2D eigenvalue weighted by atomic mass is 16.4. The molecule has 0 bridgehead atoms. The topological polar surface area (TPSA) is 88.2 Å². The van der Waals surface area contributed by atoms with E-state index in [-0.39, 0.29) is 12.0 Å². The van der Waals surface area contributed by atoms with Gasteiger partial charge in [-0.15, -0.1) is 10.2 Å². The monoisotopic (exact) mass is 343 g/mol. The van der Waals surface area contributed by atoms with Crippen LogP contribution < -0.4 is 5.32 Å². The molecule has 25 heavy (non-hydrogen) atoms. The summed E-state index contributed by atoms with van der Waals surface area (Å²) in [4.78, 5) is 12.0. The molecule has 0 saturated heterocycles. The number of aromatic nitrogens is 2. The molecule has 134 valence electrons. The molecule has 1 aromatic heterocycles. The fourth-order valence-electron chi connectivity index (χ4n) is 3.18. The first kappa shape index (κ1) is 17.6. The van der Waals surface area contributed by atoms with E-state index in [2.05, 4.69) is 15.5 Å². The molecular formula is C19H25N3O3. The van der Waals surface area contributed by atoms with Crippen LogP contribution in [0.2, 0.25) is 0 Å². The lowest BCUT2D eigenvalue weighted by atomic mass is 9.87. The Morgan fingerprint density at radius 1 is 1.28 bits per heavy atom. The third kappa shape index (κ3) is 5.13. The van der Waals surface area contributed by atoms with Crippen LogP contribution in [0.1, 0.15) is 43.6 Å². The summed E-state index contributed by atoms with van der Waals surface area (Å²) in [7, 11) is 0. The second-order valence-electron chi connectivity index (χ2n) is 6.86. The molecule has 1 amide bonds. The van der Waals surface area contributed by atoms with Gasteiger partial charge in [0.1, 0.15) is 0 Å². The second-order valence-corrected chi connectivity index (χ2v) is 6.86. The first-order chi connectivity index (χ1) is 12.1. The molecule has 2 atom stereocenters. The Balaban J connectivity index is 1.44. The minimum absolute atomic E-state index is 0.0184. The van der Waals surface area contributed by atoms with Crippen molar-refractivity contribution >= 4 is 5.91 Å². The number of nitrogens with zero attached hydrogens (tertiary/aromatic N) is 2. The zero-order chi connectivity index (χ0) is 17.6. The van der Waals surface area contributed by atoms with Crippen LogP contribution in [0.4, 0.5) is 0 Å². The van der Waals surface area contributed by atoms with E-state index in [1.165, 1.54) is 5.56 Å². The first-order valence-corrected chi connectivity index (χ1v) is 8.94. The van der Waals surface area contributed by atoms with Crippen LogP contribution in [0.15, 0.2) is 28.7 Å². The van der Waals surface area contributed by atoms with Gasteiger partial charge >= 0.3 is 0 Å². The third-order valence-corrected chi connectivity index (χ3v) is 4.67. The van der Waals surface area contributed by atoms with Gasteiger partial charge in [0.05, 0.1) is 6.10 Å². The Labute approximate surface area is 147 Å². The second kappa shape index (κ2) is 8.25. The number of hydrogen-bond acceptors (Lipinski definition) is 5. The van der Waals surface area contributed by atoms with Crippen LogP contribution in [0, 0.1) is 12.8 Å². The number of aliphatic hydroxyl groups excluding tert-OH is 1. The highest BCUT2D eigenvalue weighted by Gasteiger charge is 2.20. The fraction of sp³-hybridized carbons (Fsp3) is 0.526. The molecule has 0 spiro atoms. The Bertz CT molecular complexity index is 696. The molecule has 0 radical (unpaired) electrons. The lowest BCUT2D eigenvalue weighted by molar-refractivity contribution is -0.121. The summed E-state index contributed by atoms with van der Waals surface area (Å²) in [6, 6.07) is 7.87. The Hall–Kier alpha value is -2.21. The van der Waals surface area contributed by atoms with Crippen LogP contribution in [0.5, 0.6) is 0 Å². The quantitative estimate of drug-likeness (QED) is 0.842. The largest absolute Gasteiger partial charge is 0.421 e. The summed E-state index contributed by atoms with van der Waals surface area (Å²) in [6.07, 6.45) is 4.30. The van der Waals surface area contributed by atoms with Gasteiger partial charge in [0.15, 0.2) is 0 Å². The van der Waals surface area contributed by atoms with Gasteiger partial charge < -0.3 is 14.8 Å². The maximum atomic E-state index is 12.0. The van der Waals surface area contributed by atoms with Crippen molar-refractivity contribution < 1.29 is 14.3 Å². The average molecular weight is 343 g/mol. The smallest absolute Gasteiger partial charge is 0.247 e.